The summed E-state index contributed by atoms with van der Waals surface area (Å²) in [5, 5.41) is 9.41. The molecule has 0 amide bonds. The van der Waals surface area contributed by atoms with Gasteiger partial charge in [0.25, 0.3) is 0 Å². The minimum Gasteiger partial charge on any atom is -0.298 e. The van der Waals surface area contributed by atoms with Crippen LogP contribution in [0.1, 0.15) is 27.8 Å². The molecule has 0 bridgehead atoms. The Bertz CT molecular complexity index is 695. The molecule has 2 aromatic carbocycles. The van der Waals surface area contributed by atoms with Crippen LogP contribution in [-0.4, -0.2) is 6.29 Å². The summed E-state index contributed by atoms with van der Waals surface area (Å²) >= 11 is 0. The number of benzene rings is 2. The number of nitriles is 1. The Hall–Kier alpha value is -2.52. The maximum absolute atomic E-state index is 11.1. The Morgan fingerprint density at radius 1 is 1.10 bits per heavy atom. The van der Waals surface area contributed by atoms with E-state index in [1.165, 1.54) is 0 Å². The average molecular weight is 281 g/mol. The number of carbonyl (C=O) groups excluding carboxylic acids is 1. The van der Waals surface area contributed by atoms with Gasteiger partial charge in [-0.05, 0) is 0 Å². The predicted octanol–water partition coefficient (Wildman–Crippen LogP) is 2.85. The largest absolute Gasteiger partial charge is 0.318 e. The van der Waals surface area contributed by atoms with E-state index in [1.807, 2.05) is 12.1 Å². The molecule has 0 aliphatic carbocycles. The molecule has 0 saturated carbocycles. The Balaban J connectivity index is 1.94. The second-order valence-corrected chi connectivity index (χ2v) is 4.47. The summed E-state index contributed by atoms with van der Waals surface area (Å²) < 4.78 is 5.65. The van der Waals surface area contributed by atoms with Gasteiger partial charge in [0.15, 0.2) is 6.29 Å². The molecular weight excluding hydrogens is 270 g/mol. The second-order valence-electron chi connectivity index (χ2n) is 4.47. The van der Waals surface area contributed by atoms with Crippen LogP contribution < -0.4 is 0 Å². The maximum Gasteiger partial charge on any atom is 0.318 e. The molecule has 1 saturated heterocycles. The third-order valence-electron chi connectivity index (χ3n) is 3.20. The first-order valence-corrected chi connectivity index (χ1v) is 6.32. The first-order chi connectivity index (χ1) is 10.3. The van der Waals surface area contributed by atoms with Gasteiger partial charge >= 0.3 is 5.79 Å². The molecule has 104 valence electrons. The van der Waals surface area contributed by atoms with Gasteiger partial charge in [-0.25, -0.2) is 0 Å². The van der Waals surface area contributed by atoms with Crippen LogP contribution in [0.2, 0.25) is 0 Å². The van der Waals surface area contributed by atoms with Crippen molar-refractivity contribution >= 4 is 6.29 Å². The van der Waals surface area contributed by atoms with Crippen molar-refractivity contribution in [1.29, 1.82) is 5.26 Å². The van der Waals surface area contributed by atoms with Crippen molar-refractivity contribution in [2.45, 2.75) is 12.1 Å². The van der Waals surface area contributed by atoms with Crippen molar-refractivity contribution in [2.24, 2.45) is 0 Å². The van der Waals surface area contributed by atoms with Gasteiger partial charge < -0.3 is 0 Å². The molecule has 5 heteroatoms. The molecule has 2 aromatic rings. The number of aldehydes is 1. The van der Waals surface area contributed by atoms with Crippen molar-refractivity contribution in [1.82, 2.24) is 0 Å². The molecule has 1 heterocycles. The minimum absolute atomic E-state index is 0.424. The molecule has 0 radical (unpaired) electrons. The summed E-state index contributed by atoms with van der Waals surface area (Å²) in [5.74, 6) is -1.64. The third kappa shape index (κ3) is 2.32. The Morgan fingerprint density at radius 3 is 2.52 bits per heavy atom. The first kappa shape index (κ1) is 13.5. The van der Waals surface area contributed by atoms with Crippen molar-refractivity contribution < 1.29 is 19.3 Å². The SMILES string of the molecule is N#CC1(c2ccccc2)OOC(c2ccccc2C=O)O1. The van der Waals surface area contributed by atoms with Crippen LogP contribution in [0.3, 0.4) is 0 Å². The lowest BCUT2D eigenvalue weighted by molar-refractivity contribution is -0.321. The Morgan fingerprint density at radius 2 is 1.81 bits per heavy atom. The lowest BCUT2D eigenvalue weighted by atomic mass is 10.1. The van der Waals surface area contributed by atoms with Crippen molar-refractivity contribution in [3.63, 3.8) is 0 Å². The van der Waals surface area contributed by atoms with Crippen LogP contribution in [0.25, 0.3) is 0 Å². The quantitative estimate of drug-likeness (QED) is 0.639. The predicted molar refractivity (Wildman–Crippen MR) is 71.6 cm³/mol. The maximum atomic E-state index is 11.1. The summed E-state index contributed by atoms with van der Waals surface area (Å²) in [6.45, 7) is 0. The lowest BCUT2D eigenvalue weighted by Gasteiger charge is -2.17. The highest BCUT2D eigenvalue weighted by Gasteiger charge is 2.47. The van der Waals surface area contributed by atoms with E-state index in [-0.39, 0.29) is 0 Å². The van der Waals surface area contributed by atoms with Gasteiger partial charge in [0.1, 0.15) is 6.07 Å². The molecule has 2 atom stereocenters. The van der Waals surface area contributed by atoms with E-state index < -0.39 is 12.1 Å². The summed E-state index contributed by atoms with van der Waals surface area (Å²) in [4.78, 5) is 21.4. The smallest absolute Gasteiger partial charge is 0.298 e. The summed E-state index contributed by atoms with van der Waals surface area (Å²) in [6.07, 6.45) is -0.233. The van der Waals surface area contributed by atoms with E-state index in [9.17, 15) is 10.1 Å². The summed E-state index contributed by atoms with van der Waals surface area (Å²) in [5.41, 5.74) is 1.46. The minimum atomic E-state index is -1.64. The molecule has 0 N–H and O–H groups in total. The van der Waals surface area contributed by atoms with Crippen molar-refractivity contribution in [2.75, 3.05) is 0 Å². The average Bonchev–Trinajstić information content (AvgIpc) is 3.01. The van der Waals surface area contributed by atoms with E-state index in [2.05, 4.69) is 0 Å². The molecular formula is C16H11NO4. The normalized spacial score (nSPS) is 24.4. The highest BCUT2D eigenvalue weighted by atomic mass is 17.3. The van der Waals surface area contributed by atoms with Gasteiger partial charge in [0.05, 0.1) is 0 Å². The number of carbonyl (C=O) groups is 1. The van der Waals surface area contributed by atoms with Gasteiger partial charge in [-0.2, -0.15) is 15.0 Å². The highest BCUT2D eigenvalue weighted by molar-refractivity contribution is 5.77. The zero-order chi connectivity index (χ0) is 14.7. The molecule has 0 spiro atoms. The van der Waals surface area contributed by atoms with Crippen LogP contribution in [0.15, 0.2) is 54.6 Å². The Labute approximate surface area is 121 Å². The topological polar surface area (TPSA) is 68.5 Å². The van der Waals surface area contributed by atoms with Crippen LogP contribution in [0.4, 0.5) is 0 Å². The van der Waals surface area contributed by atoms with E-state index in [0.717, 1.165) is 0 Å². The number of hydrogen-bond acceptors (Lipinski definition) is 5. The van der Waals surface area contributed by atoms with Gasteiger partial charge in [-0.3, -0.25) is 9.53 Å². The molecule has 1 fully saturated rings. The fourth-order valence-corrected chi connectivity index (χ4v) is 2.13. The fraction of sp³-hybridized carbons (Fsp3) is 0.125. The number of nitrogens with zero attached hydrogens (tertiary/aromatic N) is 1. The monoisotopic (exact) mass is 281 g/mol. The number of hydrogen-bond donors (Lipinski definition) is 0. The van der Waals surface area contributed by atoms with Crippen molar-refractivity contribution in [3.8, 4) is 6.07 Å². The fourth-order valence-electron chi connectivity index (χ4n) is 2.13. The van der Waals surface area contributed by atoms with Crippen LogP contribution in [0.5, 0.6) is 0 Å². The molecule has 2 unspecified atom stereocenters. The highest BCUT2D eigenvalue weighted by Crippen LogP contribution is 2.41. The second kappa shape index (κ2) is 5.46. The molecule has 5 nitrogen and oxygen atoms in total. The van der Waals surface area contributed by atoms with E-state index in [1.54, 1.807) is 48.5 Å². The zero-order valence-electron chi connectivity index (χ0n) is 10.9. The first-order valence-electron chi connectivity index (χ1n) is 6.32. The molecule has 21 heavy (non-hydrogen) atoms. The molecule has 0 aromatic heterocycles. The molecule has 1 aliphatic rings. The van der Waals surface area contributed by atoms with Crippen LogP contribution in [-0.2, 0) is 20.3 Å². The van der Waals surface area contributed by atoms with E-state index in [4.69, 9.17) is 14.5 Å². The van der Waals surface area contributed by atoms with Crippen molar-refractivity contribution in [3.05, 3.63) is 71.3 Å². The number of rotatable bonds is 3. The summed E-state index contributed by atoms with van der Waals surface area (Å²) in [7, 11) is 0. The third-order valence-corrected chi connectivity index (χ3v) is 3.20. The van der Waals surface area contributed by atoms with Gasteiger partial charge in [-0.1, -0.05) is 54.6 Å². The Kier molecular flexibility index (Phi) is 3.50. The standard InChI is InChI=1S/C16H11NO4/c17-11-16(13-7-2-1-3-8-13)19-15(20-21-16)14-9-5-4-6-12(14)10-18/h1-10,15H. The van der Waals surface area contributed by atoms with Gasteiger partial charge in [-0.15, -0.1) is 0 Å². The summed E-state index contributed by atoms with van der Waals surface area (Å²) in [6, 6.07) is 17.6. The van der Waals surface area contributed by atoms with Gasteiger partial charge in [0.2, 0.25) is 6.29 Å². The van der Waals surface area contributed by atoms with E-state index in [0.29, 0.717) is 23.0 Å². The van der Waals surface area contributed by atoms with Crippen LogP contribution >= 0.6 is 0 Å². The zero-order valence-corrected chi connectivity index (χ0v) is 10.9. The lowest BCUT2D eigenvalue weighted by Crippen LogP contribution is -2.24. The molecule has 1 aliphatic heterocycles. The van der Waals surface area contributed by atoms with Gasteiger partial charge in [0, 0.05) is 16.7 Å². The molecule has 3 rings (SSSR count). The van der Waals surface area contributed by atoms with Crippen LogP contribution in [0, 0.1) is 11.3 Å². The van der Waals surface area contributed by atoms with E-state index >= 15 is 0 Å². The number of ether oxygens (including phenoxy) is 1.